The van der Waals surface area contributed by atoms with Crippen molar-refractivity contribution in [1.82, 2.24) is 9.96 Å². The second-order valence-corrected chi connectivity index (χ2v) is 0.599. The van der Waals surface area contributed by atoms with Gasteiger partial charge < -0.3 is 4.98 Å². The molecule has 0 spiro atoms. The Morgan fingerprint density at radius 2 is 3.20 bits per heavy atom. The third-order valence-electron chi connectivity index (χ3n) is 0.295. The van der Waals surface area contributed by atoms with Gasteiger partial charge >= 0.3 is 0 Å². The summed E-state index contributed by atoms with van der Waals surface area (Å²) < 4.78 is 20.4. The second kappa shape index (κ2) is 0.885. The number of aromatic amines is 1. The molecular weight excluding hydrogens is 64.0 g/mol. The predicted molar refractivity (Wildman–Crippen MR) is 18.6 cm³/mol. The fraction of sp³-hybridized carbons (Fsp3) is 0. The molecule has 0 radical (unpaired) electrons. The average Bonchev–Trinajstić information content (AvgIpc) is 1.85. The van der Waals surface area contributed by atoms with Crippen molar-refractivity contribution in [3.8, 4) is 0 Å². The fourth-order valence-corrected chi connectivity index (χ4v) is 0.144. The maximum atomic E-state index is 6.79. The Morgan fingerprint density at radius 3 is 3.40 bits per heavy atom. The molecule has 0 aromatic carbocycles. The molecular formula is C3H4N2. The zero-order chi connectivity index (χ0) is 6.15. The maximum Gasteiger partial charge on any atom is 0.167 e. The SMILES string of the molecule is [2H]c1cn([2H])c([2H])n1. The van der Waals surface area contributed by atoms with Crippen LogP contribution in [0.25, 0.3) is 0 Å². The van der Waals surface area contributed by atoms with Crippen LogP contribution in [0.5, 0.6) is 0 Å². The Bertz CT molecular complexity index is 175. The highest BCUT2D eigenvalue weighted by Crippen LogP contribution is 1.62. The Kier molecular flexibility index (Phi) is 0.148. The molecule has 1 N–H and O–H groups in total. The molecule has 0 fully saturated rings. The molecule has 0 atom stereocenters. The first kappa shape index (κ1) is 0.834. The van der Waals surface area contributed by atoms with Gasteiger partial charge in [0.1, 0.15) is 1.37 Å². The van der Waals surface area contributed by atoms with Crippen LogP contribution < -0.4 is 0 Å². The van der Waals surface area contributed by atoms with Gasteiger partial charge in [-0.25, -0.2) is 4.98 Å². The van der Waals surface area contributed by atoms with E-state index < -0.39 is 0 Å². The Hall–Kier alpha value is -0.790. The highest BCUT2D eigenvalue weighted by atomic mass is 14.8. The van der Waals surface area contributed by atoms with Crippen LogP contribution in [-0.2, 0) is 0 Å². The number of hydrogen-bond donors (Lipinski definition) is 1. The van der Waals surface area contributed by atoms with Gasteiger partial charge in [0.25, 0.3) is 0 Å². The normalized spacial score (nSPS) is 16.4. The van der Waals surface area contributed by atoms with Gasteiger partial charge in [-0.2, -0.15) is 0 Å². The van der Waals surface area contributed by atoms with Crippen LogP contribution in [0, 0.1) is 0 Å². The smallest absolute Gasteiger partial charge is 0.167 e. The number of rotatable bonds is 0. The van der Waals surface area contributed by atoms with E-state index in [1.807, 2.05) is 0 Å². The minimum absolute atomic E-state index is 0.0370. The Labute approximate surface area is 34.1 Å². The van der Waals surface area contributed by atoms with E-state index in [1.165, 1.54) is 0 Å². The lowest BCUT2D eigenvalue weighted by Crippen LogP contribution is -1.44. The summed E-state index contributed by atoms with van der Waals surface area (Å²) in [5, 5.41) is 0. The van der Waals surface area contributed by atoms with Gasteiger partial charge in [-0.1, -0.05) is 0 Å². The van der Waals surface area contributed by atoms with E-state index in [0.717, 1.165) is 11.2 Å². The van der Waals surface area contributed by atoms with E-state index in [0.29, 0.717) is 0 Å². The molecule has 1 heterocycles. The van der Waals surface area contributed by atoms with Gasteiger partial charge in [0, 0.05) is 12.4 Å². The minimum atomic E-state index is -0.199. The zero-order valence-corrected chi connectivity index (χ0v) is 2.47. The van der Waals surface area contributed by atoms with Crippen molar-refractivity contribution >= 4 is 0 Å². The van der Waals surface area contributed by atoms with Crippen LogP contribution in [0.2, 0.25) is 1.41 Å². The van der Waals surface area contributed by atoms with Gasteiger partial charge in [0.05, 0.1) is 7.67 Å². The van der Waals surface area contributed by atoms with Crippen LogP contribution in [0.4, 0.5) is 0 Å². The highest BCUT2D eigenvalue weighted by Gasteiger charge is 1.56. The average molecular weight is 71.1 g/mol. The first-order chi connectivity index (χ1) is 3.70. The predicted octanol–water partition coefficient (Wildman–Crippen LogP) is 0.410. The number of nitrogens with one attached hydrogen (secondary N) is 1. The van der Waals surface area contributed by atoms with Crippen LogP contribution >= 0.6 is 0 Å². The van der Waals surface area contributed by atoms with E-state index >= 15 is 0 Å². The summed E-state index contributed by atoms with van der Waals surface area (Å²) in [4.78, 5) is 4.06. The van der Waals surface area contributed by atoms with Gasteiger partial charge in [-0.15, -0.1) is 0 Å². The monoisotopic (exact) mass is 71.1 g/mol. The molecule has 0 saturated carbocycles. The van der Waals surface area contributed by atoms with E-state index in [4.69, 9.17) is 4.15 Å². The molecule has 2 heteroatoms. The summed E-state index contributed by atoms with van der Waals surface area (Å²) in [6.45, 7) is 0. The summed E-state index contributed by atoms with van der Waals surface area (Å²) in [5.74, 6) is 0. The summed E-state index contributed by atoms with van der Waals surface area (Å²) in [6.07, 6.45) is 0.919. The van der Waals surface area contributed by atoms with Crippen molar-refractivity contribution in [3.63, 3.8) is 0 Å². The lowest BCUT2D eigenvalue weighted by molar-refractivity contribution is 1.31. The molecule has 1 rings (SSSR count). The molecule has 0 saturated heterocycles. The van der Waals surface area contributed by atoms with E-state index in [1.54, 1.807) is 0 Å². The molecule has 0 unspecified atom stereocenters. The van der Waals surface area contributed by atoms with Crippen molar-refractivity contribution in [1.29, 1.82) is 0 Å². The van der Waals surface area contributed by atoms with Crippen molar-refractivity contribution in [2.75, 3.05) is 0 Å². The molecule has 2 nitrogen and oxygen atoms in total. The molecule has 5 heavy (non-hydrogen) atoms. The topological polar surface area (TPSA) is 28.7 Å². The molecule has 0 aliphatic heterocycles. The van der Waals surface area contributed by atoms with Crippen molar-refractivity contribution in [2.45, 2.75) is 0 Å². The molecule has 1 aromatic heterocycles. The number of hydrogen-bond acceptors (Lipinski definition) is 1. The van der Waals surface area contributed by atoms with Gasteiger partial charge in [-0.3, -0.25) is 0 Å². The largest absolute Gasteiger partial charge is 0.351 e. The summed E-state index contributed by atoms with van der Waals surface area (Å²) in [5.41, 5.74) is 0. The maximum absolute atomic E-state index is 6.79. The third-order valence-corrected chi connectivity index (χ3v) is 0.295. The zero-order valence-electron chi connectivity index (χ0n) is 5.47. The Balaban J connectivity index is 3.14. The number of nitrogens with zero attached hydrogens (tertiary/aromatic N) is 1. The summed E-state index contributed by atoms with van der Waals surface area (Å²) in [7, 11) is 0. The third kappa shape index (κ3) is 0.265. The highest BCUT2D eigenvalue weighted by molar-refractivity contribution is 4.64. The number of imidazole rings is 1. The summed E-state index contributed by atoms with van der Waals surface area (Å²) in [6, 6.07) is 0. The van der Waals surface area contributed by atoms with Crippen molar-refractivity contribution < 1.29 is 4.15 Å². The first-order valence-electron chi connectivity index (χ1n) is 2.66. The van der Waals surface area contributed by atoms with Gasteiger partial charge in [0.15, 0.2) is 1.41 Å². The van der Waals surface area contributed by atoms with E-state index in [9.17, 15) is 0 Å². The van der Waals surface area contributed by atoms with Gasteiger partial charge in [-0.05, 0) is 0 Å². The van der Waals surface area contributed by atoms with Crippen molar-refractivity contribution in [3.05, 3.63) is 18.7 Å². The lowest BCUT2D eigenvalue weighted by atomic mass is 11.0. The number of H-pyrrole nitrogens is 1. The second-order valence-electron chi connectivity index (χ2n) is 0.599. The summed E-state index contributed by atoms with van der Waals surface area (Å²) >= 11 is 0. The molecule has 0 aliphatic rings. The van der Waals surface area contributed by atoms with Crippen LogP contribution in [-0.4, -0.2) is 9.96 Å². The molecule has 0 amide bonds. The van der Waals surface area contributed by atoms with E-state index in [-0.39, 0.29) is 12.5 Å². The quantitative estimate of drug-likeness (QED) is 0.471. The first-order valence-corrected chi connectivity index (χ1v) is 1.22. The fourth-order valence-electron chi connectivity index (χ4n) is 0.144. The molecule has 0 aliphatic carbocycles. The van der Waals surface area contributed by atoms with Crippen LogP contribution in [0.15, 0.2) is 18.7 Å². The molecule has 26 valence electrons. The van der Waals surface area contributed by atoms with E-state index in [2.05, 4.69) is 4.98 Å². The standard InChI is InChI=1S/C3H4N2/c1-2-5-3-4-1/h1-3H,(H,4,5)/i1D,3D/hD. The van der Waals surface area contributed by atoms with Crippen LogP contribution in [0.3, 0.4) is 0 Å². The van der Waals surface area contributed by atoms with Gasteiger partial charge in [0.2, 0.25) is 0 Å². The molecule has 1 aromatic rings. The van der Waals surface area contributed by atoms with Crippen LogP contribution in [0.1, 0.15) is 2.74 Å². The van der Waals surface area contributed by atoms with Crippen molar-refractivity contribution in [2.24, 2.45) is 0 Å². The Morgan fingerprint density at radius 1 is 2.20 bits per heavy atom. The molecule has 0 bridgehead atoms. The lowest BCUT2D eigenvalue weighted by Gasteiger charge is -1.46. The number of aromatic nitrogens is 2. The minimum Gasteiger partial charge on any atom is -0.351 e.